The minimum Gasteiger partial charge on any atom is -0.394 e. The van der Waals surface area contributed by atoms with E-state index in [1.165, 1.54) is 218 Å². The smallest absolute Gasteiger partial charge is 0.249 e. The van der Waals surface area contributed by atoms with E-state index in [-0.39, 0.29) is 12.8 Å². The Labute approximate surface area is 454 Å². The highest BCUT2D eigenvalue weighted by Gasteiger charge is 2.44. The number of allylic oxidation sites excluding steroid dienone is 4. The van der Waals surface area contributed by atoms with E-state index in [0.29, 0.717) is 19.3 Å². The molecule has 0 aromatic rings. The van der Waals surface area contributed by atoms with Crippen LogP contribution < -0.4 is 5.32 Å². The van der Waals surface area contributed by atoms with Crippen molar-refractivity contribution in [2.45, 2.75) is 358 Å². The minimum atomic E-state index is -1.67. The third kappa shape index (κ3) is 39.9. The first-order valence-electron chi connectivity index (χ1n) is 31.7. The van der Waals surface area contributed by atoms with Gasteiger partial charge in [-0.3, -0.25) is 4.79 Å². The molecule has 11 nitrogen and oxygen atoms in total. The minimum absolute atomic E-state index is 0.248. The molecule has 74 heavy (non-hydrogen) atoms. The van der Waals surface area contributed by atoms with Crippen molar-refractivity contribution in [3.8, 4) is 0 Å². The Bertz CT molecular complexity index is 1250. The van der Waals surface area contributed by atoms with Gasteiger partial charge >= 0.3 is 0 Å². The molecule has 1 saturated heterocycles. The van der Waals surface area contributed by atoms with Crippen LogP contribution in [0.2, 0.25) is 0 Å². The topological polar surface area (TPSA) is 189 Å². The zero-order valence-electron chi connectivity index (χ0n) is 48.1. The summed E-state index contributed by atoms with van der Waals surface area (Å²) in [5, 5.41) is 76.1. The fraction of sp³-hybridized carbons (Fsp3) is 0.921. The van der Waals surface area contributed by atoms with Crippen LogP contribution in [-0.4, -0.2) is 110 Å². The Morgan fingerprint density at radius 1 is 0.459 bits per heavy atom. The van der Waals surface area contributed by atoms with Crippen molar-refractivity contribution >= 4 is 5.91 Å². The van der Waals surface area contributed by atoms with E-state index in [0.717, 1.165) is 38.5 Å². The summed E-state index contributed by atoms with van der Waals surface area (Å²) in [6.45, 7) is 3.45. The van der Waals surface area contributed by atoms with E-state index >= 15 is 0 Å². The van der Waals surface area contributed by atoms with E-state index in [9.17, 15) is 40.5 Å². The summed E-state index contributed by atoms with van der Waals surface area (Å²) in [6, 6.07) is -1.19. The van der Waals surface area contributed by atoms with Crippen molar-refractivity contribution in [3.05, 3.63) is 24.3 Å². The normalized spacial score (nSPS) is 19.9. The number of nitrogens with one attached hydrogen (secondary N) is 1. The van der Waals surface area contributed by atoms with Crippen molar-refractivity contribution in [2.75, 3.05) is 13.2 Å². The van der Waals surface area contributed by atoms with Gasteiger partial charge in [0, 0.05) is 0 Å². The van der Waals surface area contributed by atoms with Crippen molar-refractivity contribution in [1.29, 1.82) is 0 Å². The van der Waals surface area contributed by atoms with Crippen LogP contribution in [0.5, 0.6) is 0 Å². The second-order valence-electron chi connectivity index (χ2n) is 22.5. The van der Waals surface area contributed by atoms with Crippen LogP contribution in [0.1, 0.15) is 303 Å². The molecule has 1 aliphatic rings. The molecule has 9 unspecified atom stereocenters. The Hall–Kier alpha value is -1.41. The number of aliphatic hydroxyl groups is 7. The lowest BCUT2D eigenvalue weighted by molar-refractivity contribution is -0.303. The molecule has 0 aromatic heterocycles. The molecular weight excluding hydrogens is 931 g/mol. The third-order valence-corrected chi connectivity index (χ3v) is 15.5. The first-order chi connectivity index (χ1) is 36.2. The molecule has 11 heteroatoms. The number of ether oxygens (including phenoxy) is 2. The highest BCUT2D eigenvalue weighted by atomic mass is 16.7. The number of carbonyl (C=O) groups excluding carboxylic acids is 1. The fourth-order valence-corrected chi connectivity index (χ4v) is 10.3. The Morgan fingerprint density at radius 3 is 1.20 bits per heavy atom. The molecule has 1 rings (SSSR count). The lowest BCUT2D eigenvalue weighted by Crippen LogP contribution is -2.60. The molecule has 8 N–H and O–H groups in total. The summed E-state index contributed by atoms with van der Waals surface area (Å²) < 4.78 is 11.1. The van der Waals surface area contributed by atoms with Gasteiger partial charge in [-0.2, -0.15) is 0 Å². The van der Waals surface area contributed by atoms with Crippen molar-refractivity contribution in [2.24, 2.45) is 0 Å². The number of amides is 1. The van der Waals surface area contributed by atoms with Crippen LogP contribution in [0, 0.1) is 0 Å². The van der Waals surface area contributed by atoms with Gasteiger partial charge in [0.05, 0.1) is 25.4 Å². The molecule has 0 saturated carbocycles. The van der Waals surface area contributed by atoms with Crippen LogP contribution >= 0.6 is 0 Å². The standard InChI is InChI=1S/C63H121NO10/c1-3-5-7-9-11-13-15-17-19-20-21-22-23-24-25-26-27-28-29-30-31-32-33-34-35-37-39-41-43-45-47-49-51-56(67)62(72)64-54(53-73-63-61(71)60(70)59(69)57(52-65)74-63)58(68)55(66)50-48-46-44-42-40-38-36-18-16-14-12-10-8-6-4-2/h18,36,42,44,54-61,63,65-71H,3-17,19-35,37-41,43,45-53H2,1-2H3,(H,64,72)/b36-18+,44-42+. The average molecular weight is 1050 g/mol. The van der Waals surface area contributed by atoms with Crippen molar-refractivity contribution in [1.82, 2.24) is 5.32 Å². The first kappa shape index (κ1) is 70.6. The number of aliphatic hydroxyl groups excluding tert-OH is 7. The van der Waals surface area contributed by atoms with E-state index in [1.807, 2.05) is 0 Å². The second-order valence-corrected chi connectivity index (χ2v) is 22.5. The third-order valence-electron chi connectivity index (χ3n) is 15.5. The molecular formula is C63H121NO10. The van der Waals surface area contributed by atoms with Gasteiger partial charge in [0.25, 0.3) is 0 Å². The Balaban J connectivity index is 2.19. The molecule has 1 fully saturated rings. The molecule has 0 radical (unpaired) electrons. The first-order valence-corrected chi connectivity index (χ1v) is 31.7. The van der Waals surface area contributed by atoms with Crippen molar-refractivity contribution < 1.29 is 50.0 Å². The van der Waals surface area contributed by atoms with Gasteiger partial charge in [0.1, 0.15) is 36.6 Å². The molecule has 438 valence electrons. The summed E-state index contributed by atoms with van der Waals surface area (Å²) in [4.78, 5) is 13.2. The monoisotopic (exact) mass is 1050 g/mol. The van der Waals surface area contributed by atoms with Crippen LogP contribution in [0.4, 0.5) is 0 Å². The predicted molar refractivity (Wildman–Crippen MR) is 307 cm³/mol. The second kappa shape index (κ2) is 52.3. The molecule has 0 spiro atoms. The molecule has 1 amide bonds. The number of rotatable bonds is 55. The summed E-state index contributed by atoms with van der Waals surface area (Å²) in [5.41, 5.74) is 0. The molecule has 1 aliphatic heterocycles. The maximum atomic E-state index is 13.2. The maximum Gasteiger partial charge on any atom is 0.249 e. The maximum absolute atomic E-state index is 13.2. The van der Waals surface area contributed by atoms with Gasteiger partial charge in [-0.15, -0.1) is 0 Å². The Kier molecular flexibility index (Phi) is 49.9. The summed E-state index contributed by atoms with van der Waals surface area (Å²) >= 11 is 0. The van der Waals surface area contributed by atoms with Crippen LogP contribution in [0.15, 0.2) is 24.3 Å². The molecule has 0 aliphatic carbocycles. The van der Waals surface area contributed by atoms with Gasteiger partial charge in [-0.05, 0) is 51.4 Å². The fourth-order valence-electron chi connectivity index (χ4n) is 10.3. The van der Waals surface area contributed by atoms with Crippen LogP contribution in [-0.2, 0) is 14.3 Å². The summed E-state index contributed by atoms with van der Waals surface area (Å²) in [5.74, 6) is -0.705. The van der Waals surface area contributed by atoms with E-state index in [1.54, 1.807) is 0 Å². The number of hydrogen-bond acceptors (Lipinski definition) is 10. The van der Waals surface area contributed by atoms with E-state index in [4.69, 9.17) is 9.47 Å². The molecule has 0 aromatic carbocycles. The highest BCUT2D eigenvalue weighted by Crippen LogP contribution is 2.24. The SMILES string of the molecule is CCCCCCCC/C=C/CC/C=C/CCCC(O)C(O)C(COC1OC(CO)C(O)C(O)C1O)NC(=O)C(O)CCCCCCCCCCCCCCCCCCCCCCCCCCCCCCCCCC. The number of carbonyl (C=O) groups is 1. The zero-order valence-corrected chi connectivity index (χ0v) is 48.1. The van der Waals surface area contributed by atoms with Gasteiger partial charge < -0.3 is 50.5 Å². The Morgan fingerprint density at radius 2 is 0.811 bits per heavy atom. The lowest BCUT2D eigenvalue weighted by Gasteiger charge is -2.40. The molecule has 0 bridgehead atoms. The lowest BCUT2D eigenvalue weighted by atomic mass is 9.98. The average Bonchev–Trinajstić information content (AvgIpc) is 3.40. The van der Waals surface area contributed by atoms with Crippen LogP contribution in [0.25, 0.3) is 0 Å². The van der Waals surface area contributed by atoms with Crippen LogP contribution in [0.3, 0.4) is 0 Å². The molecule has 1 heterocycles. The van der Waals surface area contributed by atoms with Gasteiger partial charge in [0.2, 0.25) is 5.91 Å². The largest absolute Gasteiger partial charge is 0.394 e. The zero-order chi connectivity index (χ0) is 54.0. The predicted octanol–water partition coefficient (Wildman–Crippen LogP) is 14.1. The van der Waals surface area contributed by atoms with Crippen molar-refractivity contribution in [3.63, 3.8) is 0 Å². The quantitative estimate of drug-likeness (QED) is 0.0215. The van der Waals surface area contributed by atoms with Gasteiger partial charge in [-0.25, -0.2) is 0 Å². The van der Waals surface area contributed by atoms with E-state index in [2.05, 4.69) is 43.5 Å². The molecule has 9 atom stereocenters. The van der Waals surface area contributed by atoms with Gasteiger partial charge in [-0.1, -0.05) is 276 Å². The summed E-state index contributed by atoms with van der Waals surface area (Å²) in [6.07, 6.45) is 52.7. The number of unbranched alkanes of at least 4 members (excludes halogenated alkanes) is 39. The van der Waals surface area contributed by atoms with Gasteiger partial charge in [0.15, 0.2) is 6.29 Å². The number of hydrogen-bond donors (Lipinski definition) is 8. The highest BCUT2D eigenvalue weighted by molar-refractivity contribution is 5.80. The van der Waals surface area contributed by atoms with E-state index < -0.39 is 74.2 Å². The summed E-state index contributed by atoms with van der Waals surface area (Å²) in [7, 11) is 0.